The Morgan fingerprint density at radius 2 is 1.60 bits per heavy atom. The zero-order chi connectivity index (χ0) is 27.5. The van der Waals surface area contributed by atoms with Crippen LogP contribution in [0.1, 0.15) is 23.0 Å². The maximum absolute atomic E-state index is 13.0. The van der Waals surface area contributed by atoms with Crippen molar-refractivity contribution in [1.29, 1.82) is 0 Å². The predicted molar refractivity (Wildman–Crippen MR) is 160 cm³/mol. The number of rotatable bonds is 7. The topological polar surface area (TPSA) is 50.1 Å². The summed E-state index contributed by atoms with van der Waals surface area (Å²) in [5.41, 5.74) is 6.90. The summed E-state index contributed by atoms with van der Waals surface area (Å²) in [5.74, 6) is 0.951. The number of imidazole rings is 1. The van der Waals surface area contributed by atoms with E-state index in [9.17, 15) is 4.79 Å². The maximum atomic E-state index is 13.0. The molecule has 6 nitrogen and oxygen atoms in total. The summed E-state index contributed by atoms with van der Waals surface area (Å²) in [5, 5.41) is 0.699. The molecule has 3 heterocycles. The Morgan fingerprint density at radius 3 is 2.35 bits per heavy atom. The van der Waals surface area contributed by atoms with Crippen molar-refractivity contribution in [2.45, 2.75) is 13.5 Å². The Morgan fingerprint density at radius 1 is 0.850 bits per heavy atom. The van der Waals surface area contributed by atoms with Crippen LogP contribution in [0.3, 0.4) is 0 Å². The van der Waals surface area contributed by atoms with E-state index in [0.29, 0.717) is 24.7 Å². The molecule has 2 aromatic heterocycles. The normalized spacial score (nSPS) is 14.0. The number of hydrogen-bond acceptors (Lipinski definition) is 4. The molecule has 6 rings (SSSR count). The maximum Gasteiger partial charge on any atom is 0.253 e. The van der Waals surface area contributed by atoms with E-state index in [1.165, 1.54) is 0 Å². The number of aromatic nitrogens is 2. The van der Waals surface area contributed by atoms with E-state index >= 15 is 0 Å². The first-order chi connectivity index (χ1) is 19.6. The summed E-state index contributed by atoms with van der Waals surface area (Å²) in [6.45, 7) is 6.31. The van der Waals surface area contributed by atoms with E-state index < -0.39 is 0 Å². The zero-order valence-corrected chi connectivity index (χ0v) is 23.2. The minimum Gasteiger partial charge on any atom is -0.494 e. The molecule has 7 heteroatoms. The van der Waals surface area contributed by atoms with Gasteiger partial charge in [-0.1, -0.05) is 54.1 Å². The molecule has 0 unspecified atom stereocenters. The molecule has 0 N–H and O–H groups in total. The second-order valence-corrected chi connectivity index (χ2v) is 10.4. The molecule has 1 aliphatic heterocycles. The molecule has 1 saturated heterocycles. The molecule has 202 valence electrons. The van der Waals surface area contributed by atoms with Crippen molar-refractivity contribution in [1.82, 2.24) is 19.2 Å². The molecule has 0 bridgehead atoms. The van der Waals surface area contributed by atoms with Crippen molar-refractivity contribution >= 4 is 23.2 Å². The van der Waals surface area contributed by atoms with Gasteiger partial charge in [0.1, 0.15) is 11.4 Å². The number of fused-ring (bicyclic) bond motifs is 1. The van der Waals surface area contributed by atoms with Crippen LogP contribution in [0.25, 0.3) is 28.0 Å². The number of pyridine rings is 1. The number of amides is 1. The van der Waals surface area contributed by atoms with Crippen LogP contribution in [0.4, 0.5) is 0 Å². The fourth-order valence-electron chi connectivity index (χ4n) is 5.27. The lowest BCUT2D eigenvalue weighted by atomic mass is 10.1. The van der Waals surface area contributed by atoms with E-state index in [1.807, 2.05) is 78.6 Å². The first kappa shape index (κ1) is 26.1. The molecule has 1 fully saturated rings. The van der Waals surface area contributed by atoms with Gasteiger partial charge < -0.3 is 14.0 Å². The van der Waals surface area contributed by atoms with Crippen LogP contribution in [0.5, 0.6) is 5.75 Å². The quantitative estimate of drug-likeness (QED) is 0.227. The Balaban J connectivity index is 1.31. The number of carbonyl (C=O) groups is 1. The van der Waals surface area contributed by atoms with Gasteiger partial charge in [0.25, 0.3) is 5.91 Å². The minimum atomic E-state index is 0.0934. The highest BCUT2D eigenvalue weighted by atomic mass is 35.5. The second-order valence-electron chi connectivity index (χ2n) is 9.96. The van der Waals surface area contributed by atoms with Gasteiger partial charge in [0, 0.05) is 55.1 Å². The summed E-state index contributed by atoms with van der Waals surface area (Å²) in [6, 6.07) is 29.7. The van der Waals surface area contributed by atoms with Gasteiger partial charge >= 0.3 is 0 Å². The van der Waals surface area contributed by atoms with Crippen molar-refractivity contribution in [2.24, 2.45) is 0 Å². The molecule has 0 saturated carbocycles. The lowest BCUT2D eigenvalue weighted by Gasteiger charge is -2.34. The largest absolute Gasteiger partial charge is 0.494 e. The van der Waals surface area contributed by atoms with E-state index in [1.54, 1.807) is 0 Å². The zero-order valence-electron chi connectivity index (χ0n) is 22.5. The summed E-state index contributed by atoms with van der Waals surface area (Å²) >= 11 is 6.20. The van der Waals surface area contributed by atoms with E-state index in [2.05, 4.69) is 39.8 Å². The fourth-order valence-corrected chi connectivity index (χ4v) is 5.40. The summed E-state index contributed by atoms with van der Waals surface area (Å²) in [4.78, 5) is 22.4. The molecule has 0 atom stereocenters. The Kier molecular flexibility index (Phi) is 7.53. The summed E-state index contributed by atoms with van der Waals surface area (Å²) in [6.07, 6.45) is 2.16. The van der Waals surface area contributed by atoms with Crippen LogP contribution in [0.2, 0.25) is 5.02 Å². The first-order valence-corrected chi connectivity index (χ1v) is 14.0. The molecular weight excluding hydrogens is 520 g/mol. The molecule has 0 aliphatic carbocycles. The van der Waals surface area contributed by atoms with Crippen LogP contribution in [0.15, 0.2) is 97.2 Å². The third-order valence-corrected chi connectivity index (χ3v) is 7.62. The molecule has 1 aliphatic rings. The summed E-state index contributed by atoms with van der Waals surface area (Å²) in [7, 11) is 0. The van der Waals surface area contributed by atoms with Crippen molar-refractivity contribution in [2.75, 3.05) is 32.8 Å². The molecule has 0 spiro atoms. The third-order valence-electron chi connectivity index (χ3n) is 7.37. The van der Waals surface area contributed by atoms with Gasteiger partial charge in [-0.3, -0.25) is 9.69 Å². The minimum absolute atomic E-state index is 0.0934. The number of nitrogens with zero attached hydrogens (tertiary/aromatic N) is 4. The van der Waals surface area contributed by atoms with Crippen LogP contribution in [-0.4, -0.2) is 57.9 Å². The van der Waals surface area contributed by atoms with Gasteiger partial charge in [0.2, 0.25) is 0 Å². The first-order valence-electron chi connectivity index (χ1n) is 13.7. The number of hydrogen-bond donors (Lipinski definition) is 0. The molecule has 5 aromatic rings. The average molecular weight is 551 g/mol. The highest BCUT2D eigenvalue weighted by Gasteiger charge is 2.24. The van der Waals surface area contributed by atoms with Crippen LogP contribution in [-0.2, 0) is 6.54 Å². The van der Waals surface area contributed by atoms with Gasteiger partial charge in [0.15, 0.2) is 0 Å². The van der Waals surface area contributed by atoms with Crippen LogP contribution < -0.4 is 4.74 Å². The average Bonchev–Trinajstić information content (AvgIpc) is 3.35. The molecular formula is C33H31ClN4O2. The molecule has 0 radical (unpaired) electrons. The smallest absolute Gasteiger partial charge is 0.253 e. The highest BCUT2D eigenvalue weighted by Crippen LogP contribution is 2.30. The Hall–Kier alpha value is -4.13. The second kappa shape index (κ2) is 11.5. The van der Waals surface area contributed by atoms with E-state index in [0.717, 1.165) is 64.7 Å². The molecule has 3 aromatic carbocycles. The van der Waals surface area contributed by atoms with E-state index in [-0.39, 0.29) is 5.91 Å². The predicted octanol–water partition coefficient (Wildman–Crippen LogP) is 6.68. The lowest BCUT2D eigenvalue weighted by Crippen LogP contribution is -2.48. The fraction of sp³-hybridized carbons (Fsp3) is 0.212. The van der Waals surface area contributed by atoms with E-state index in [4.69, 9.17) is 21.3 Å². The third kappa shape index (κ3) is 5.46. The number of ether oxygens (including phenoxy) is 1. The van der Waals surface area contributed by atoms with Crippen molar-refractivity contribution in [3.8, 4) is 28.1 Å². The SMILES string of the molecule is CCOc1cccc(-c2ccc3nc(-c4ccc(Cl)cc4)c(CN4CCN(C(=O)c5ccccc5)CC4)n3c2)c1. The number of halogens is 1. The van der Waals surface area contributed by atoms with Gasteiger partial charge in [-0.05, 0) is 66.6 Å². The van der Waals surface area contributed by atoms with Gasteiger partial charge in [0.05, 0.1) is 18.0 Å². The van der Waals surface area contributed by atoms with Crippen LogP contribution >= 0.6 is 11.6 Å². The number of benzene rings is 3. The van der Waals surface area contributed by atoms with Crippen molar-refractivity contribution in [3.63, 3.8) is 0 Å². The Bertz CT molecular complexity index is 1620. The molecule has 1 amide bonds. The standard InChI is InChI=1S/C33H31ClN4O2/c1-2-40-29-10-6-9-26(21-29)27-13-16-31-35-32(24-11-14-28(34)15-12-24)30(38(31)22-27)23-36-17-19-37(20-18-36)33(39)25-7-4-3-5-8-25/h3-16,21-22H,2,17-20,23H2,1H3. The number of piperazine rings is 1. The lowest BCUT2D eigenvalue weighted by molar-refractivity contribution is 0.0627. The molecule has 40 heavy (non-hydrogen) atoms. The monoisotopic (exact) mass is 550 g/mol. The number of carbonyl (C=O) groups excluding carboxylic acids is 1. The van der Waals surface area contributed by atoms with Crippen LogP contribution in [0, 0.1) is 0 Å². The van der Waals surface area contributed by atoms with Gasteiger partial charge in [-0.2, -0.15) is 0 Å². The highest BCUT2D eigenvalue weighted by molar-refractivity contribution is 6.30. The van der Waals surface area contributed by atoms with Crippen molar-refractivity contribution in [3.05, 3.63) is 113 Å². The summed E-state index contributed by atoms with van der Waals surface area (Å²) < 4.78 is 7.94. The van der Waals surface area contributed by atoms with Crippen molar-refractivity contribution < 1.29 is 9.53 Å². The van der Waals surface area contributed by atoms with Gasteiger partial charge in [-0.15, -0.1) is 0 Å². The van der Waals surface area contributed by atoms with Gasteiger partial charge in [-0.25, -0.2) is 4.98 Å². The Labute approximate surface area is 239 Å².